The van der Waals surface area contributed by atoms with Crippen LogP contribution >= 0.6 is 15.9 Å². The number of allylic oxidation sites excluding steroid dienone is 2. The van der Waals surface area contributed by atoms with Gasteiger partial charge in [0.05, 0.1) is 11.8 Å². The number of nitrogens with zero attached hydrogens (tertiary/aromatic N) is 2. The van der Waals surface area contributed by atoms with E-state index in [0.29, 0.717) is 23.0 Å². The predicted octanol–water partition coefficient (Wildman–Crippen LogP) is 2.14. The van der Waals surface area contributed by atoms with Gasteiger partial charge in [-0.3, -0.25) is 29.7 Å². The number of H-pyrrole nitrogens is 1. The molecule has 1 fully saturated rings. The van der Waals surface area contributed by atoms with Crippen molar-refractivity contribution in [1.29, 1.82) is 5.26 Å². The lowest BCUT2D eigenvalue weighted by atomic mass is 9.88. The van der Waals surface area contributed by atoms with Crippen LogP contribution in [-0.4, -0.2) is 32.8 Å². The highest BCUT2D eigenvalue weighted by Gasteiger charge is 2.53. The standard InChI is InChI=1S/C20H22BrN5O4/c1-4-10(5-2)26-19(29)14-12(21)6-7-13(15(14)20(26)30)24-25-16-9(3)11(8-22)17(27)23-18(16)28/h6-7,10,14-15,24-25H,4-5H2,1-3H3,(H2,23,27,28). The monoisotopic (exact) mass is 475 g/mol. The van der Waals surface area contributed by atoms with Crippen LogP contribution in [0.1, 0.15) is 37.8 Å². The quantitative estimate of drug-likeness (QED) is 0.365. The molecule has 2 unspecified atom stereocenters. The maximum absolute atomic E-state index is 13.2. The fraction of sp³-hybridized carbons (Fsp3) is 0.400. The molecule has 2 amide bonds. The first-order valence-corrected chi connectivity index (χ1v) is 10.4. The highest BCUT2D eigenvalue weighted by Crippen LogP contribution is 2.42. The van der Waals surface area contributed by atoms with Crippen molar-refractivity contribution in [2.75, 3.05) is 5.43 Å². The van der Waals surface area contributed by atoms with E-state index in [-0.39, 0.29) is 34.7 Å². The van der Waals surface area contributed by atoms with Gasteiger partial charge in [-0.1, -0.05) is 29.8 Å². The van der Waals surface area contributed by atoms with Crippen LogP contribution in [0.5, 0.6) is 5.88 Å². The fourth-order valence-electron chi connectivity index (χ4n) is 3.92. The molecule has 1 aliphatic carbocycles. The average Bonchev–Trinajstić information content (AvgIpc) is 2.97. The molecule has 0 radical (unpaired) electrons. The summed E-state index contributed by atoms with van der Waals surface area (Å²) in [4.78, 5) is 41.9. The number of anilines is 1. The van der Waals surface area contributed by atoms with Crippen LogP contribution < -0.4 is 16.4 Å². The highest BCUT2D eigenvalue weighted by molar-refractivity contribution is 9.11. The largest absolute Gasteiger partial charge is 0.494 e. The third-order valence-corrected chi connectivity index (χ3v) is 6.35. The number of nitrogens with one attached hydrogen (secondary N) is 3. The minimum absolute atomic E-state index is 0.0315. The van der Waals surface area contributed by atoms with Crippen molar-refractivity contribution in [1.82, 2.24) is 15.3 Å². The summed E-state index contributed by atoms with van der Waals surface area (Å²) in [6.45, 7) is 5.39. The number of aromatic nitrogens is 1. The van der Waals surface area contributed by atoms with Gasteiger partial charge in [-0.2, -0.15) is 5.26 Å². The summed E-state index contributed by atoms with van der Waals surface area (Å²) < 4.78 is 0.621. The summed E-state index contributed by atoms with van der Waals surface area (Å²) in [5.41, 5.74) is 5.62. The Labute approximate surface area is 181 Å². The summed E-state index contributed by atoms with van der Waals surface area (Å²) in [7, 11) is 0. The van der Waals surface area contributed by atoms with Crippen LogP contribution in [0.25, 0.3) is 0 Å². The summed E-state index contributed by atoms with van der Waals surface area (Å²) >= 11 is 3.41. The molecular formula is C20H22BrN5O4. The fourth-order valence-corrected chi connectivity index (χ4v) is 4.51. The van der Waals surface area contributed by atoms with E-state index in [1.165, 1.54) is 11.8 Å². The number of likely N-dealkylation sites (tertiary alicyclic amines) is 1. The number of carbonyl (C=O) groups excluding carboxylic acids is 2. The van der Waals surface area contributed by atoms with E-state index < -0.39 is 23.3 Å². The number of halogens is 1. The zero-order valence-electron chi connectivity index (χ0n) is 16.7. The predicted molar refractivity (Wildman–Crippen MR) is 113 cm³/mol. The third kappa shape index (κ3) is 3.39. The zero-order valence-corrected chi connectivity index (χ0v) is 18.3. The van der Waals surface area contributed by atoms with Gasteiger partial charge in [-0.25, -0.2) is 0 Å². The van der Waals surface area contributed by atoms with E-state index in [1.807, 2.05) is 19.9 Å². The topological polar surface area (TPSA) is 138 Å². The molecule has 0 aromatic carbocycles. The molecule has 0 saturated carbocycles. The molecule has 0 bridgehead atoms. The van der Waals surface area contributed by atoms with Crippen LogP contribution in [0.3, 0.4) is 0 Å². The number of hydrogen-bond acceptors (Lipinski definition) is 7. The van der Waals surface area contributed by atoms with Crippen molar-refractivity contribution in [3.8, 4) is 11.9 Å². The number of rotatable bonds is 6. The molecule has 3 rings (SSSR count). The second-order valence-electron chi connectivity index (χ2n) is 7.19. The Morgan fingerprint density at radius 1 is 1.20 bits per heavy atom. The SMILES string of the molecule is CCC(CC)N1C(=O)C2C(Br)=CC=C(NNc3c(C)c(C#N)c(O)[nH]c3=O)C2C1=O. The molecular weight excluding hydrogens is 454 g/mol. The molecule has 2 aliphatic rings. The van der Waals surface area contributed by atoms with Crippen molar-refractivity contribution in [2.45, 2.75) is 39.7 Å². The minimum Gasteiger partial charge on any atom is -0.494 e. The van der Waals surface area contributed by atoms with Crippen molar-refractivity contribution < 1.29 is 14.7 Å². The molecule has 4 N–H and O–H groups in total. The van der Waals surface area contributed by atoms with Gasteiger partial charge in [0.1, 0.15) is 17.3 Å². The van der Waals surface area contributed by atoms with E-state index in [2.05, 4.69) is 31.8 Å². The van der Waals surface area contributed by atoms with Gasteiger partial charge < -0.3 is 10.5 Å². The number of aromatic amines is 1. The van der Waals surface area contributed by atoms with Crippen LogP contribution in [0.4, 0.5) is 5.69 Å². The lowest BCUT2D eigenvalue weighted by Gasteiger charge is -2.25. The number of carbonyl (C=O) groups is 2. The number of nitriles is 1. The van der Waals surface area contributed by atoms with Crippen molar-refractivity contribution in [2.24, 2.45) is 11.8 Å². The third-order valence-electron chi connectivity index (χ3n) is 5.59. The van der Waals surface area contributed by atoms with Crippen LogP contribution in [0.2, 0.25) is 0 Å². The van der Waals surface area contributed by atoms with Crippen molar-refractivity contribution >= 4 is 33.4 Å². The van der Waals surface area contributed by atoms with Gasteiger partial charge in [-0.15, -0.1) is 0 Å². The smallest absolute Gasteiger partial charge is 0.276 e. The minimum atomic E-state index is -0.753. The normalized spacial score (nSPS) is 20.6. The molecule has 2 atom stereocenters. The molecule has 30 heavy (non-hydrogen) atoms. The van der Waals surface area contributed by atoms with E-state index in [9.17, 15) is 24.8 Å². The molecule has 1 aromatic rings. The first kappa shape index (κ1) is 21.6. The van der Waals surface area contributed by atoms with E-state index in [0.717, 1.165) is 0 Å². The second-order valence-corrected chi connectivity index (χ2v) is 8.10. The van der Waals surface area contributed by atoms with E-state index in [4.69, 9.17) is 0 Å². The number of amides is 2. The molecule has 1 saturated heterocycles. The number of hydrazine groups is 1. The second kappa shape index (κ2) is 8.36. The maximum atomic E-state index is 13.2. The average molecular weight is 476 g/mol. The van der Waals surface area contributed by atoms with Gasteiger partial charge in [0, 0.05) is 21.8 Å². The lowest BCUT2D eigenvalue weighted by Crippen LogP contribution is -2.41. The summed E-state index contributed by atoms with van der Waals surface area (Å²) in [6, 6.07) is 1.66. The maximum Gasteiger partial charge on any atom is 0.276 e. The Hall–Kier alpha value is -3.06. The Balaban J connectivity index is 1.92. The first-order valence-electron chi connectivity index (χ1n) is 9.58. The molecule has 9 nitrogen and oxygen atoms in total. The van der Waals surface area contributed by atoms with Crippen molar-refractivity contribution in [3.05, 3.63) is 43.8 Å². The van der Waals surface area contributed by atoms with Gasteiger partial charge in [0.15, 0.2) is 0 Å². The van der Waals surface area contributed by atoms with E-state index in [1.54, 1.807) is 12.2 Å². The first-order chi connectivity index (χ1) is 14.3. The number of hydrogen-bond donors (Lipinski definition) is 4. The lowest BCUT2D eigenvalue weighted by molar-refractivity contribution is -0.142. The number of pyridine rings is 1. The zero-order chi connectivity index (χ0) is 22.2. The van der Waals surface area contributed by atoms with Gasteiger partial charge >= 0.3 is 0 Å². The summed E-state index contributed by atoms with van der Waals surface area (Å²) in [6.07, 6.45) is 4.69. The molecule has 1 aromatic heterocycles. The van der Waals surface area contributed by atoms with Crippen LogP contribution in [-0.2, 0) is 9.59 Å². The molecule has 158 valence electrons. The Kier molecular flexibility index (Phi) is 6.03. The summed E-state index contributed by atoms with van der Waals surface area (Å²) in [5.74, 6) is -2.47. The van der Waals surface area contributed by atoms with Crippen molar-refractivity contribution in [3.63, 3.8) is 0 Å². The molecule has 1 aliphatic heterocycles. The number of aromatic hydroxyl groups is 1. The number of fused-ring (bicyclic) bond motifs is 1. The number of imide groups is 1. The molecule has 0 spiro atoms. The Morgan fingerprint density at radius 2 is 1.83 bits per heavy atom. The van der Waals surface area contributed by atoms with E-state index >= 15 is 0 Å². The van der Waals surface area contributed by atoms with Gasteiger partial charge in [0.2, 0.25) is 17.7 Å². The summed E-state index contributed by atoms with van der Waals surface area (Å²) in [5, 5.41) is 18.9. The Morgan fingerprint density at radius 3 is 2.43 bits per heavy atom. The Bertz CT molecular complexity index is 1060. The molecule has 2 heterocycles. The van der Waals surface area contributed by atoms with Crippen LogP contribution in [0, 0.1) is 30.1 Å². The van der Waals surface area contributed by atoms with Crippen LogP contribution in [0.15, 0.2) is 27.1 Å². The van der Waals surface area contributed by atoms with Gasteiger partial charge in [-0.05, 0) is 31.9 Å². The molecule has 10 heteroatoms. The highest BCUT2D eigenvalue weighted by atomic mass is 79.9. The van der Waals surface area contributed by atoms with Gasteiger partial charge in [0.25, 0.3) is 5.56 Å².